The first-order valence-electron chi connectivity index (χ1n) is 9.58. The van der Waals surface area contributed by atoms with Gasteiger partial charge in [0, 0.05) is 48.6 Å². The summed E-state index contributed by atoms with van der Waals surface area (Å²) in [5, 5.41) is 19.3. The van der Waals surface area contributed by atoms with E-state index < -0.39 is 4.92 Å². The van der Waals surface area contributed by atoms with Crippen LogP contribution >= 0.6 is 0 Å². The number of pyridine rings is 1. The largest absolute Gasteiger partial charge is 0.372 e. The van der Waals surface area contributed by atoms with Crippen molar-refractivity contribution in [3.63, 3.8) is 0 Å². The molecule has 0 amide bonds. The van der Waals surface area contributed by atoms with Gasteiger partial charge in [-0.15, -0.1) is 0 Å². The molecule has 0 aliphatic rings. The summed E-state index contributed by atoms with van der Waals surface area (Å²) >= 11 is 0. The first-order chi connectivity index (χ1) is 14.1. The van der Waals surface area contributed by atoms with Gasteiger partial charge in [0.2, 0.25) is 0 Å². The van der Waals surface area contributed by atoms with Crippen LogP contribution in [0.4, 0.5) is 22.7 Å². The van der Waals surface area contributed by atoms with Crippen LogP contribution in [0.1, 0.15) is 19.4 Å². The molecule has 7 heteroatoms. The lowest BCUT2D eigenvalue weighted by atomic mass is 10.2. The Kier molecular flexibility index (Phi) is 6.63. The predicted octanol–water partition coefficient (Wildman–Crippen LogP) is 5.19. The topological polar surface area (TPSA) is 75.0 Å². The van der Waals surface area contributed by atoms with E-state index >= 15 is 0 Å². The SMILES string of the molecule is CCN(CC)c1ccc(N=Nc2cc[n+](Cc3ccc([N+](=O)[O-])cc3)cc2)cc1. The molecule has 0 spiro atoms. The highest BCUT2D eigenvalue weighted by atomic mass is 16.6. The quantitative estimate of drug-likeness (QED) is 0.230. The summed E-state index contributed by atoms with van der Waals surface area (Å²) < 4.78 is 1.99. The van der Waals surface area contributed by atoms with Crippen LogP contribution in [0, 0.1) is 10.1 Å². The fourth-order valence-electron chi connectivity index (χ4n) is 2.99. The summed E-state index contributed by atoms with van der Waals surface area (Å²) in [6.45, 7) is 6.85. The molecule has 0 saturated carbocycles. The molecule has 3 rings (SSSR count). The van der Waals surface area contributed by atoms with Crippen molar-refractivity contribution in [3.05, 3.63) is 88.7 Å². The van der Waals surface area contributed by atoms with E-state index in [1.165, 1.54) is 17.8 Å². The molecule has 0 bridgehead atoms. The smallest absolute Gasteiger partial charge is 0.269 e. The predicted molar refractivity (Wildman–Crippen MR) is 113 cm³/mol. The molecule has 0 N–H and O–H groups in total. The lowest BCUT2D eigenvalue weighted by Gasteiger charge is -2.20. The van der Waals surface area contributed by atoms with E-state index in [4.69, 9.17) is 0 Å². The lowest BCUT2D eigenvalue weighted by molar-refractivity contribution is -0.688. The Hall–Kier alpha value is -3.61. The molecular weight excluding hydrogens is 366 g/mol. The Bertz CT molecular complexity index is 964. The molecule has 7 nitrogen and oxygen atoms in total. The summed E-state index contributed by atoms with van der Waals surface area (Å²) in [4.78, 5) is 12.6. The molecule has 0 radical (unpaired) electrons. The second-order valence-electron chi connectivity index (χ2n) is 6.54. The van der Waals surface area contributed by atoms with Gasteiger partial charge in [-0.05, 0) is 50.2 Å². The Balaban J connectivity index is 1.62. The number of aromatic nitrogens is 1. The van der Waals surface area contributed by atoms with Crippen LogP contribution in [0.15, 0.2) is 83.3 Å². The van der Waals surface area contributed by atoms with E-state index in [2.05, 4.69) is 41.1 Å². The number of nitro benzene ring substituents is 1. The average Bonchev–Trinajstić information content (AvgIpc) is 2.75. The first kappa shape index (κ1) is 20.1. The van der Waals surface area contributed by atoms with Gasteiger partial charge < -0.3 is 4.90 Å². The minimum absolute atomic E-state index is 0.0969. The maximum atomic E-state index is 10.7. The number of nitro groups is 1. The van der Waals surface area contributed by atoms with Gasteiger partial charge in [-0.1, -0.05) is 0 Å². The summed E-state index contributed by atoms with van der Waals surface area (Å²) in [6, 6.07) is 18.4. The Labute approximate surface area is 170 Å². The van der Waals surface area contributed by atoms with E-state index in [1.807, 2.05) is 41.2 Å². The molecule has 0 atom stereocenters. The molecule has 0 aliphatic carbocycles. The van der Waals surface area contributed by atoms with Crippen molar-refractivity contribution in [2.24, 2.45) is 10.2 Å². The number of nitrogens with zero attached hydrogens (tertiary/aromatic N) is 5. The molecule has 3 aromatic rings. The van der Waals surface area contributed by atoms with Gasteiger partial charge in [-0.25, -0.2) is 4.57 Å². The number of hydrogen-bond donors (Lipinski definition) is 0. The molecule has 1 heterocycles. The number of azo groups is 1. The number of non-ortho nitro benzene ring substituents is 1. The van der Waals surface area contributed by atoms with Crippen LogP contribution in [0.2, 0.25) is 0 Å². The maximum absolute atomic E-state index is 10.7. The van der Waals surface area contributed by atoms with E-state index in [0.717, 1.165) is 30.0 Å². The van der Waals surface area contributed by atoms with Crippen molar-refractivity contribution in [1.82, 2.24) is 0 Å². The van der Waals surface area contributed by atoms with E-state index in [-0.39, 0.29) is 5.69 Å². The third kappa shape index (κ3) is 5.44. The molecular formula is C22H24N5O2+. The van der Waals surface area contributed by atoms with Crippen molar-refractivity contribution in [2.45, 2.75) is 20.4 Å². The zero-order valence-corrected chi connectivity index (χ0v) is 16.6. The molecule has 148 valence electrons. The number of hydrogen-bond acceptors (Lipinski definition) is 5. The Morgan fingerprint density at radius 3 is 1.93 bits per heavy atom. The summed E-state index contributed by atoms with van der Waals surface area (Å²) in [7, 11) is 0. The van der Waals surface area contributed by atoms with Gasteiger partial charge in [0.25, 0.3) is 5.69 Å². The van der Waals surface area contributed by atoms with Crippen molar-refractivity contribution >= 4 is 22.7 Å². The van der Waals surface area contributed by atoms with Crippen LogP contribution in [0.25, 0.3) is 0 Å². The number of anilines is 1. The van der Waals surface area contributed by atoms with Gasteiger partial charge in [-0.2, -0.15) is 10.2 Å². The second-order valence-corrected chi connectivity index (χ2v) is 6.54. The Morgan fingerprint density at radius 1 is 0.862 bits per heavy atom. The van der Waals surface area contributed by atoms with Crippen LogP contribution in [0.5, 0.6) is 0 Å². The zero-order valence-electron chi connectivity index (χ0n) is 16.6. The fourth-order valence-corrected chi connectivity index (χ4v) is 2.99. The normalized spacial score (nSPS) is 11.0. The molecule has 1 aromatic heterocycles. The molecule has 2 aromatic carbocycles. The summed E-state index contributed by atoms with van der Waals surface area (Å²) in [6.07, 6.45) is 3.83. The molecule has 0 fully saturated rings. The van der Waals surface area contributed by atoms with Crippen molar-refractivity contribution in [2.75, 3.05) is 18.0 Å². The van der Waals surface area contributed by atoms with Crippen molar-refractivity contribution < 1.29 is 9.49 Å². The third-order valence-electron chi connectivity index (χ3n) is 4.65. The van der Waals surface area contributed by atoms with E-state index in [1.54, 1.807) is 12.1 Å². The average molecular weight is 390 g/mol. The van der Waals surface area contributed by atoms with Crippen LogP contribution in [-0.4, -0.2) is 18.0 Å². The van der Waals surface area contributed by atoms with Gasteiger partial charge in [0.05, 0.1) is 16.3 Å². The molecule has 29 heavy (non-hydrogen) atoms. The monoisotopic (exact) mass is 390 g/mol. The third-order valence-corrected chi connectivity index (χ3v) is 4.65. The van der Waals surface area contributed by atoms with Crippen LogP contribution in [-0.2, 0) is 6.54 Å². The summed E-state index contributed by atoms with van der Waals surface area (Å²) in [5.74, 6) is 0. The number of benzene rings is 2. The molecule has 0 saturated heterocycles. The number of rotatable bonds is 8. The van der Waals surface area contributed by atoms with Gasteiger partial charge in [0.1, 0.15) is 0 Å². The fraction of sp³-hybridized carbons (Fsp3) is 0.227. The standard InChI is InChI=1S/C22H24N5O2/c1-3-26(4-2)21-11-7-19(8-12-21)23-24-20-13-15-25(16-14-20)17-18-5-9-22(10-6-18)27(28)29/h5-16H,3-4,17H2,1-2H3/q+1. The maximum Gasteiger partial charge on any atom is 0.269 e. The summed E-state index contributed by atoms with van der Waals surface area (Å²) in [5.41, 5.74) is 3.84. The second kappa shape index (κ2) is 9.54. The highest BCUT2D eigenvalue weighted by Gasteiger charge is 2.07. The van der Waals surface area contributed by atoms with Gasteiger partial charge in [0.15, 0.2) is 18.9 Å². The first-order valence-corrected chi connectivity index (χ1v) is 9.58. The van der Waals surface area contributed by atoms with Crippen molar-refractivity contribution in [3.8, 4) is 0 Å². The Morgan fingerprint density at radius 2 is 1.41 bits per heavy atom. The van der Waals surface area contributed by atoms with Crippen LogP contribution < -0.4 is 9.47 Å². The minimum Gasteiger partial charge on any atom is -0.372 e. The minimum atomic E-state index is -0.395. The van der Waals surface area contributed by atoms with Crippen molar-refractivity contribution in [1.29, 1.82) is 0 Å². The van der Waals surface area contributed by atoms with Gasteiger partial charge >= 0.3 is 0 Å². The van der Waals surface area contributed by atoms with E-state index in [0.29, 0.717) is 6.54 Å². The lowest BCUT2D eigenvalue weighted by Crippen LogP contribution is -2.32. The highest BCUT2D eigenvalue weighted by Crippen LogP contribution is 2.21. The van der Waals surface area contributed by atoms with E-state index in [9.17, 15) is 10.1 Å². The molecule has 0 aliphatic heterocycles. The van der Waals surface area contributed by atoms with Gasteiger partial charge in [-0.3, -0.25) is 10.1 Å². The molecule has 0 unspecified atom stereocenters. The zero-order chi connectivity index (χ0) is 20.6. The highest BCUT2D eigenvalue weighted by molar-refractivity contribution is 5.52. The van der Waals surface area contributed by atoms with Crippen LogP contribution in [0.3, 0.4) is 0 Å².